The van der Waals surface area contributed by atoms with Crippen LogP contribution in [0.25, 0.3) is 10.2 Å². The number of benzene rings is 1. The van der Waals surface area contributed by atoms with Crippen LogP contribution in [0, 0.1) is 0 Å². The maximum absolute atomic E-state index is 8.87. The Kier molecular flexibility index (Phi) is 2.53. The van der Waals surface area contributed by atoms with Gasteiger partial charge < -0.3 is 4.55 Å². The Hall–Kier alpha value is -0.580. The highest BCUT2D eigenvalue weighted by Gasteiger charge is 2.06. The van der Waals surface area contributed by atoms with E-state index >= 15 is 0 Å². The first kappa shape index (κ1) is 8.99. The van der Waals surface area contributed by atoms with E-state index in [0.29, 0.717) is 0 Å². The smallest absolute Gasteiger partial charge is 0.178 e. The number of aryl methyl sites for hydroxylation is 1. The molecule has 0 radical (unpaired) electrons. The van der Waals surface area contributed by atoms with Crippen LogP contribution >= 0.6 is 23.4 Å². The van der Waals surface area contributed by atoms with E-state index in [0.717, 1.165) is 33.0 Å². The average molecular weight is 211 g/mol. The van der Waals surface area contributed by atoms with Gasteiger partial charge in [0, 0.05) is 0 Å². The van der Waals surface area contributed by atoms with Gasteiger partial charge in [-0.1, -0.05) is 19.1 Å². The summed E-state index contributed by atoms with van der Waals surface area (Å²) in [6, 6.07) is 6.14. The zero-order chi connectivity index (χ0) is 9.26. The fourth-order valence-electron chi connectivity index (χ4n) is 1.31. The minimum Gasteiger partial charge on any atom is -0.324 e. The summed E-state index contributed by atoms with van der Waals surface area (Å²) < 4.78 is 10.7. The van der Waals surface area contributed by atoms with E-state index in [1.807, 2.05) is 12.1 Å². The predicted octanol–water partition coefficient (Wildman–Crippen LogP) is 3.42. The van der Waals surface area contributed by atoms with Crippen molar-refractivity contribution in [3.05, 3.63) is 23.8 Å². The van der Waals surface area contributed by atoms with Gasteiger partial charge in [-0.15, -0.1) is 11.3 Å². The molecule has 1 heterocycles. The van der Waals surface area contributed by atoms with Gasteiger partial charge in [0.2, 0.25) is 0 Å². The summed E-state index contributed by atoms with van der Waals surface area (Å²) in [5.41, 5.74) is 2.28. The monoisotopic (exact) mass is 211 g/mol. The Morgan fingerprint density at radius 2 is 2.38 bits per heavy atom. The van der Waals surface area contributed by atoms with Crippen molar-refractivity contribution in [1.82, 2.24) is 4.98 Å². The number of nitrogens with zero attached hydrogens (tertiary/aromatic N) is 1. The third kappa shape index (κ3) is 1.57. The van der Waals surface area contributed by atoms with Crippen molar-refractivity contribution in [3.8, 4) is 0 Å². The first-order valence-corrected chi connectivity index (χ1v) is 5.64. The van der Waals surface area contributed by atoms with E-state index in [-0.39, 0.29) is 0 Å². The first-order valence-electron chi connectivity index (χ1n) is 4.05. The molecule has 1 N–H and O–H groups in total. The molecule has 0 aliphatic carbocycles. The molecule has 13 heavy (non-hydrogen) atoms. The SMILES string of the molecule is CCc1cccc2sc(SO)nc12. The first-order chi connectivity index (χ1) is 6.35. The summed E-state index contributed by atoms with van der Waals surface area (Å²) >= 11 is 2.25. The van der Waals surface area contributed by atoms with E-state index in [1.54, 1.807) is 0 Å². The zero-order valence-electron chi connectivity index (χ0n) is 7.15. The Balaban J connectivity index is 2.67. The molecule has 1 aromatic heterocycles. The number of thiazole rings is 1. The highest BCUT2D eigenvalue weighted by molar-refractivity contribution is 7.95. The van der Waals surface area contributed by atoms with Crippen molar-refractivity contribution < 1.29 is 4.55 Å². The molecule has 2 nitrogen and oxygen atoms in total. The second-order valence-corrected chi connectivity index (χ2v) is 4.55. The molecular formula is C9H9NOS2. The Morgan fingerprint density at radius 1 is 1.54 bits per heavy atom. The van der Waals surface area contributed by atoms with E-state index in [4.69, 9.17) is 4.55 Å². The average Bonchev–Trinajstić information content (AvgIpc) is 2.59. The van der Waals surface area contributed by atoms with E-state index in [2.05, 4.69) is 18.0 Å². The minimum absolute atomic E-state index is 0.718. The molecule has 0 saturated heterocycles. The lowest BCUT2D eigenvalue weighted by molar-refractivity contribution is 0.663. The second kappa shape index (κ2) is 3.65. The molecular weight excluding hydrogens is 202 g/mol. The lowest BCUT2D eigenvalue weighted by Gasteiger charge is -1.95. The third-order valence-electron chi connectivity index (χ3n) is 1.94. The van der Waals surface area contributed by atoms with Crippen LogP contribution < -0.4 is 0 Å². The number of fused-ring (bicyclic) bond motifs is 1. The maximum Gasteiger partial charge on any atom is 0.178 e. The Bertz CT molecular complexity index is 424. The third-order valence-corrected chi connectivity index (χ3v) is 3.48. The van der Waals surface area contributed by atoms with Gasteiger partial charge in [-0.2, -0.15) is 0 Å². The van der Waals surface area contributed by atoms with Crippen LogP contribution in [0.3, 0.4) is 0 Å². The molecule has 2 rings (SSSR count). The maximum atomic E-state index is 8.87. The number of rotatable bonds is 2. The normalized spacial score (nSPS) is 10.9. The molecule has 68 valence electrons. The van der Waals surface area contributed by atoms with Crippen LogP contribution in [0.2, 0.25) is 0 Å². The molecule has 0 fully saturated rings. The van der Waals surface area contributed by atoms with Crippen LogP contribution in [0.15, 0.2) is 22.5 Å². The topological polar surface area (TPSA) is 33.1 Å². The molecule has 0 bridgehead atoms. The molecule has 0 unspecified atom stereocenters. The second-order valence-electron chi connectivity index (χ2n) is 2.69. The van der Waals surface area contributed by atoms with Gasteiger partial charge in [0.1, 0.15) is 0 Å². The Morgan fingerprint density at radius 3 is 3.08 bits per heavy atom. The lowest BCUT2D eigenvalue weighted by atomic mass is 10.1. The number of aromatic nitrogens is 1. The van der Waals surface area contributed by atoms with Crippen LogP contribution in [0.5, 0.6) is 0 Å². The van der Waals surface area contributed by atoms with Crippen molar-refractivity contribution in [2.75, 3.05) is 0 Å². The summed E-state index contributed by atoms with van der Waals surface area (Å²) in [6.07, 6.45) is 0.983. The van der Waals surface area contributed by atoms with Gasteiger partial charge in [-0.25, -0.2) is 4.98 Å². The van der Waals surface area contributed by atoms with Crippen molar-refractivity contribution >= 4 is 33.6 Å². The van der Waals surface area contributed by atoms with Gasteiger partial charge in [0.05, 0.1) is 22.3 Å². The van der Waals surface area contributed by atoms with Gasteiger partial charge in [0.25, 0.3) is 0 Å². The minimum atomic E-state index is 0.718. The van der Waals surface area contributed by atoms with Gasteiger partial charge in [0.15, 0.2) is 4.34 Å². The van der Waals surface area contributed by atoms with Crippen molar-refractivity contribution in [2.45, 2.75) is 17.7 Å². The molecule has 0 spiro atoms. The molecule has 0 saturated carbocycles. The number of hydrogen-bond acceptors (Lipinski definition) is 4. The van der Waals surface area contributed by atoms with Crippen LogP contribution in [-0.4, -0.2) is 9.54 Å². The number of hydrogen-bond donors (Lipinski definition) is 1. The summed E-state index contributed by atoms with van der Waals surface area (Å²) in [5.74, 6) is 0. The van der Waals surface area contributed by atoms with Crippen LogP contribution in [-0.2, 0) is 6.42 Å². The molecule has 0 aliphatic rings. The molecule has 4 heteroatoms. The van der Waals surface area contributed by atoms with Gasteiger partial charge in [-0.05, 0) is 18.1 Å². The largest absolute Gasteiger partial charge is 0.324 e. The fraction of sp³-hybridized carbons (Fsp3) is 0.222. The zero-order valence-corrected chi connectivity index (χ0v) is 8.78. The summed E-state index contributed by atoms with van der Waals surface area (Å²) in [7, 11) is 0. The lowest BCUT2D eigenvalue weighted by Crippen LogP contribution is -1.81. The molecule has 1 aromatic carbocycles. The van der Waals surface area contributed by atoms with Gasteiger partial charge >= 0.3 is 0 Å². The van der Waals surface area contributed by atoms with Crippen molar-refractivity contribution in [2.24, 2.45) is 0 Å². The highest BCUT2D eigenvalue weighted by Crippen LogP contribution is 2.29. The van der Waals surface area contributed by atoms with Crippen LogP contribution in [0.4, 0.5) is 0 Å². The van der Waals surface area contributed by atoms with E-state index < -0.39 is 0 Å². The standard InChI is InChI=1S/C9H9NOS2/c1-2-6-4-3-5-7-8(6)10-9(12-7)13-11/h3-5,11H,2H2,1H3. The summed E-state index contributed by atoms with van der Waals surface area (Å²) in [6.45, 7) is 2.11. The van der Waals surface area contributed by atoms with Gasteiger partial charge in [-0.3, -0.25) is 0 Å². The molecule has 0 amide bonds. The van der Waals surface area contributed by atoms with Crippen molar-refractivity contribution in [3.63, 3.8) is 0 Å². The Labute approximate surface area is 84.8 Å². The predicted molar refractivity (Wildman–Crippen MR) is 57.5 cm³/mol. The number of para-hydroxylation sites is 1. The molecule has 0 atom stereocenters. The van der Waals surface area contributed by atoms with Crippen molar-refractivity contribution in [1.29, 1.82) is 0 Å². The summed E-state index contributed by atoms with van der Waals surface area (Å²) in [4.78, 5) is 4.33. The molecule has 2 aromatic rings. The van der Waals surface area contributed by atoms with E-state index in [9.17, 15) is 0 Å². The van der Waals surface area contributed by atoms with Crippen LogP contribution in [0.1, 0.15) is 12.5 Å². The van der Waals surface area contributed by atoms with E-state index in [1.165, 1.54) is 16.9 Å². The molecule has 0 aliphatic heterocycles. The highest BCUT2D eigenvalue weighted by atomic mass is 32.2. The summed E-state index contributed by atoms with van der Waals surface area (Å²) in [5, 5.41) is 0. The fourth-order valence-corrected chi connectivity index (χ4v) is 2.61. The quantitative estimate of drug-likeness (QED) is 0.773.